The molecule has 114 valence electrons. The second-order valence-electron chi connectivity index (χ2n) is 6.16. The van der Waals surface area contributed by atoms with Crippen molar-refractivity contribution < 1.29 is 9.53 Å². The van der Waals surface area contributed by atoms with Crippen LogP contribution in [0.2, 0.25) is 0 Å². The first-order valence-corrected chi connectivity index (χ1v) is 7.25. The third-order valence-corrected chi connectivity index (χ3v) is 3.18. The second kappa shape index (κ2) is 5.76. The fraction of sp³-hybridized carbons (Fsp3) is 0.500. The van der Waals surface area contributed by atoms with E-state index in [9.17, 15) is 9.59 Å². The predicted octanol–water partition coefficient (Wildman–Crippen LogP) is 3.01. The van der Waals surface area contributed by atoms with Gasteiger partial charge in [-0.3, -0.25) is 4.57 Å². The Labute approximate surface area is 123 Å². The van der Waals surface area contributed by atoms with Crippen LogP contribution < -0.4 is 5.69 Å². The van der Waals surface area contributed by atoms with Crippen LogP contribution in [0.5, 0.6) is 0 Å². The van der Waals surface area contributed by atoms with Crippen LogP contribution in [-0.4, -0.2) is 21.1 Å². The minimum absolute atomic E-state index is 0.277. The molecule has 0 bridgehead atoms. The van der Waals surface area contributed by atoms with Gasteiger partial charge in [-0.1, -0.05) is 25.5 Å². The number of carbonyl (C=O) groups is 1. The number of H-pyrrole nitrogens is 1. The molecular weight excluding hydrogens is 268 g/mol. The Bertz CT molecular complexity index is 691. The molecule has 2 rings (SSSR count). The number of fused-ring (bicyclic) bond motifs is 1. The number of ether oxygens (including phenoxy) is 1. The van der Waals surface area contributed by atoms with Crippen molar-refractivity contribution >= 4 is 17.0 Å². The Morgan fingerprint density at radius 1 is 1.33 bits per heavy atom. The molecule has 0 aliphatic rings. The van der Waals surface area contributed by atoms with Crippen molar-refractivity contribution in [2.24, 2.45) is 0 Å². The molecule has 0 spiro atoms. The summed E-state index contributed by atoms with van der Waals surface area (Å²) in [4.78, 5) is 27.5. The van der Waals surface area contributed by atoms with Crippen molar-refractivity contribution in [2.45, 2.75) is 52.2 Å². The molecule has 21 heavy (non-hydrogen) atoms. The quantitative estimate of drug-likeness (QED) is 0.880. The maximum atomic E-state index is 12.4. The van der Waals surface area contributed by atoms with Gasteiger partial charge in [-0.15, -0.1) is 0 Å². The zero-order valence-corrected chi connectivity index (χ0v) is 13.0. The zero-order chi connectivity index (χ0) is 15.6. The number of nitrogens with one attached hydrogen (secondary N) is 1. The van der Waals surface area contributed by atoms with Crippen LogP contribution in [0.25, 0.3) is 11.0 Å². The highest BCUT2D eigenvalue weighted by Gasteiger charge is 2.28. The van der Waals surface area contributed by atoms with Gasteiger partial charge in [0.1, 0.15) is 11.6 Å². The van der Waals surface area contributed by atoms with Crippen LogP contribution in [0.3, 0.4) is 0 Å². The van der Waals surface area contributed by atoms with Crippen LogP contribution in [0.15, 0.2) is 29.1 Å². The van der Waals surface area contributed by atoms with Gasteiger partial charge in [0.25, 0.3) is 0 Å². The molecule has 5 nitrogen and oxygen atoms in total. The third-order valence-electron chi connectivity index (χ3n) is 3.18. The molecule has 5 heteroatoms. The number of rotatable bonds is 4. The van der Waals surface area contributed by atoms with E-state index in [-0.39, 0.29) is 11.7 Å². The molecule has 0 aliphatic carbocycles. The van der Waals surface area contributed by atoms with Crippen molar-refractivity contribution in [3.8, 4) is 0 Å². The molecule has 1 atom stereocenters. The SMILES string of the molecule is CCCC(C(=O)OC(C)(C)C)n1c(=O)[nH]c2ccccc21. The molecule has 0 fully saturated rings. The highest BCUT2D eigenvalue weighted by molar-refractivity contribution is 5.80. The first-order valence-electron chi connectivity index (χ1n) is 7.25. The summed E-state index contributed by atoms with van der Waals surface area (Å²) in [5.41, 5.74) is 0.609. The van der Waals surface area contributed by atoms with Gasteiger partial charge in [0, 0.05) is 0 Å². The number of imidazole rings is 1. The van der Waals surface area contributed by atoms with Gasteiger partial charge in [-0.25, -0.2) is 9.59 Å². The fourth-order valence-corrected chi connectivity index (χ4v) is 2.38. The molecule has 1 N–H and O–H groups in total. The van der Waals surface area contributed by atoms with Crippen LogP contribution >= 0.6 is 0 Å². The van der Waals surface area contributed by atoms with E-state index in [2.05, 4.69) is 4.98 Å². The smallest absolute Gasteiger partial charge is 0.329 e. The summed E-state index contributed by atoms with van der Waals surface area (Å²) in [5.74, 6) is -0.365. The fourth-order valence-electron chi connectivity index (χ4n) is 2.38. The predicted molar refractivity (Wildman–Crippen MR) is 82.3 cm³/mol. The number of aromatic amines is 1. The summed E-state index contributed by atoms with van der Waals surface area (Å²) in [5, 5.41) is 0. The lowest BCUT2D eigenvalue weighted by atomic mass is 10.1. The zero-order valence-electron chi connectivity index (χ0n) is 13.0. The van der Waals surface area contributed by atoms with Gasteiger partial charge in [-0.05, 0) is 39.3 Å². The molecule has 0 amide bonds. The number of benzene rings is 1. The van der Waals surface area contributed by atoms with Gasteiger partial charge in [-0.2, -0.15) is 0 Å². The van der Waals surface area contributed by atoms with Crippen molar-refractivity contribution in [1.82, 2.24) is 9.55 Å². The number of para-hydroxylation sites is 2. The molecule has 1 aromatic carbocycles. The average Bonchev–Trinajstić information content (AvgIpc) is 2.70. The van der Waals surface area contributed by atoms with Crippen molar-refractivity contribution in [3.63, 3.8) is 0 Å². The summed E-state index contributed by atoms with van der Waals surface area (Å²) in [6.07, 6.45) is 1.35. The summed E-state index contributed by atoms with van der Waals surface area (Å²) < 4.78 is 6.97. The monoisotopic (exact) mass is 290 g/mol. The van der Waals surface area contributed by atoms with Gasteiger partial charge < -0.3 is 9.72 Å². The van der Waals surface area contributed by atoms with Crippen molar-refractivity contribution in [3.05, 3.63) is 34.7 Å². The summed E-state index contributed by atoms with van der Waals surface area (Å²) >= 11 is 0. The van der Waals surface area contributed by atoms with Crippen molar-refractivity contribution in [1.29, 1.82) is 0 Å². The first kappa shape index (κ1) is 15.4. The van der Waals surface area contributed by atoms with Gasteiger partial charge in [0.15, 0.2) is 0 Å². The number of nitrogens with zero attached hydrogens (tertiary/aromatic N) is 1. The lowest BCUT2D eigenvalue weighted by Gasteiger charge is -2.24. The normalized spacial score (nSPS) is 13.3. The summed E-state index contributed by atoms with van der Waals surface area (Å²) in [6.45, 7) is 7.46. The highest BCUT2D eigenvalue weighted by atomic mass is 16.6. The van der Waals surface area contributed by atoms with E-state index in [1.807, 2.05) is 52.0 Å². The number of carbonyl (C=O) groups excluding carboxylic acids is 1. The molecule has 0 saturated heterocycles. The van der Waals surface area contributed by atoms with E-state index in [1.54, 1.807) is 0 Å². The Balaban J connectivity index is 2.48. The minimum Gasteiger partial charge on any atom is -0.458 e. The Hall–Kier alpha value is -2.04. The number of hydrogen-bond donors (Lipinski definition) is 1. The Kier molecular flexibility index (Phi) is 4.21. The van der Waals surface area contributed by atoms with Crippen LogP contribution in [-0.2, 0) is 9.53 Å². The summed E-state index contributed by atoms with van der Waals surface area (Å²) in [7, 11) is 0. The average molecular weight is 290 g/mol. The van der Waals surface area contributed by atoms with E-state index >= 15 is 0 Å². The molecule has 0 radical (unpaired) electrons. The standard InChI is InChI=1S/C16H22N2O3/c1-5-8-13(14(19)21-16(2,3)4)18-12-10-7-6-9-11(12)17-15(18)20/h6-7,9-10,13H,5,8H2,1-4H3,(H,17,20). The molecule has 0 aliphatic heterocycles. The molecule has 1 aromatic heterocycles. The largest absolute Gasteiger partial charge is 0.458 e. The van der Waals surface area contributed by atoms with E-state index in [0.717, 1.165) is 17.5 Å². The third kappa shape index (κ3) is 3.35. The lowest BCUT2D eigenvalue weighted by Crippen LogP contribution is -2.34. The second-order valence-corrected chi connectivity index (χ2v) is 6.16. The minimum atomic E-state index is -0.599. The maximum Gasteiger partial charge on any atom is 0.329 e. The van der Waals surface area contributed by atoms with E-state index < -0.39 is 11.6 Å². The van der Waals surface area contributed by atoms with Crippen molar-refractivity contribution in [2.75, 3.05) is 0 Å². The summed E-state index contributed by atoms with van der Waals surface area (Å²) in [6, 6.07) is 6.76. The first-order chi connectivity index (χ1) is 9.83. The molecular formula is C16H22N2O3. The molecule has 2 aromatic rings. The van der Waals surface area contributed by atoms with Gasteiger partial charge >= 0.3 is 11.7 Å². The topological polar surface area (TPSA) is 64.1 Å². The van der Waals surface area contributed by atoms with Crippen LogP contribution in [0.4, 0.5) is 0 Å². The molecule has 1 heterocycles. The van der Waals surface area contributed by atoms with E-state index in [4.69, 9.17) is 4.74 Å². The number of hydrogen-bond acceptors (Lipinski definition) is 3. The lowest BCUT2D eigenvalue weighted by molar-refractivity contribution is -0.159. The van der Waals surface area contributed by atoms with Gasteiger partial charge in [0.2, 0.25) is 0 Å². The number of aromatic nitrogens is 2. The van der Waals surface area contributed by atoms with Crippen LogP contribution in [0, 0.1) is 0 Å². The van der Waals surface area contributed by atoms with Crippen LogP contribution in [0.1, 0.15) is 46.6 Å². The Morgan fingerprint density at radius 3 is 2.62 bits per heavy atom. The molecule has 0 saturated carbocycles. The molecule has 1 unspecified atom stereocenters. The number of esters is 1. The maximum absolute atomic E-state index is 12.4. The van der Waals surface area contributed by atoms with Gasteiger partial charge in [0.05, 0.1) is 11.0 Å². The van der Waals surface area contributed by atoms with E-state index in [0.29, 0.717) is 6.42 Å². The van der Waals surface area contributed by atoms with E-state index in [1.165, 1.54) is 4.57 Å². The highest BCUT2D eigenvalue weighted by Crippen LogP contribution is 2.22. The Morgan fingerprint density at radius 2 is 2.00 bits per heavy atom.